The molecule has 0 radical (unpaired) electrons. The maximum absolute atomic E-state index is 12.1. The number of aromatic nitrogens is 8. The number of benzene rings is 1. The van der Waals surface area contributed by atoms with Gasteiger partial charge in [-0.1, -0.05) is 13.0 Å². The van der Waals surface area contributed by atoms with E-state index in [0.717, 1.165) is 22.9 Å². The van der Waals surface area contributed by atoms with E-state index in [9.17, 15) is 4.79 Å². The molecule has 2 N–H and O–H groups in total. The largest absolute Gasteiger partial charge is 0.348 e. The molecular formula is C12H10N8O. The molecule has 0 saturated carbocycles. The van der Waals surface area contributed by atoms with Gasteiger partial charge < -0.3 is 4.98 Å². The van der Waals surface area contributed by atoms with E-state index in [-0.39, 0.29) is 11.5 Å². The van der Waals surface area contributed by atoms with Crippen molar-refractivity contribution >= 4 is 16.6 Å². The minimum absolute atomic E-state index is 0.278. The summed E-state index contributed by atoms with van der Waals surface area (Å²) in [6.45, 7) is 2.07. The van der Waals surface area contributed by atoms with Gasteiger partial charge in [-0.3, -0.25) is 0 Å². The Morgan fingerprint density at radius 2 is 2.24 bits per heavy atom. The molecule has 0 amide bonds. The molecule has 9 heteroatoms. The zero-order valence-corrected chi connectivity index (χ0v) is 11.0. The quantitative estimate of drug-likeness (QED) is 0.546. The molecule has 3 heterocycles. The predicted molar refractivity (Wildman–Crippen MR) is 73.7 cm³/mol. The fourth-order valence-corrected chi connectivity index (χ4v) is 2.26. The Balaban J connectivity index is 2.10. The Morgan fingerprint density at radius 3 is 3.00 bits per heavy atom. The summed E-state index contributed by atoms with van der Waals surface area (Å²) in [6, 6.07) is 5.85. The lowest BCUT2D eigenvalue weighted by atomic mass is 10.1. The van der Waals surface area contributed by atoms with Gasteiger partial charge in [0.1, 0.15) is 0 Å². The van der Waals surface area contributed by atoms with Gasteiger partial charge in [-0.15, -0.1) is 10.2 Å². The Morgan fingerprint density at radius 1 is 1.33 bits per heavy atom. The second-order valence-corrected chi connectivity index (χ2v) is 4.58. The highest BCUT2D eigenvalue weighted by atomic mass is 16.1. The summed E-state index contributed by atoms with van der Waals surface area (Å²) in [5, 5.41) is 18.3. The normalized spacial score (nSPS) is 11.5. The summed E-state index contributed by atoms with van der Waals surface area (Å²) in [7, 11) is 0. The van der Waals surface area contributed by atoms with E-state index in [1.54, 1.807) is 0 Å². The van der Waals surface area contributed by atoms with E-state index in [0.29, 0.717) is 11.5 Å². The number of H-pyrrole nitrogens is 2. The molecular weight excluding hydrogens is 272 g/mol. The van der Waals surface area contributed by atoms with Crippen molar-refractivity contribution in [2.24, 2.45) is 0 Å². The highest BCUT2D eigenvalue weighted by Crippen LogP contribution is 2.19. The lowest BCUT2D eigenvalue weighted by Crippen LogP contribution is -2.17. The monoisotopic (exact) mass is 282 g/mol. The molecule has 0 aliphatic rings. The fourth-order valence-electron chi connectivity index (χ4n) is 2.26. The Kier molecular flexibility index (Phi) is 2.34. The van der Waals surface area contributed by atoms with E-state index in [1.807, 2.05) is 18.2 Å². The molecule has 0 aliphatic carbocycles. The van der Waals surface area contributed by atoms with Gasteiger partial charge >= 0.3 is 5.69 Å². The summed E-state index contributed by atoms with van der Waals surface area (Å²) in [4.78, 5) is 19.2. The van der Waals surface area contributed by atoms with Gasteiger partial charge in [0.15, 0.2) is 5.65 Å². The highest BCUT2D eigenvalue weighted by Gasteiger charge is 2.14. The van der Waals surface area contributed by atoms with Crippen molar-refractivity contribution in [3.05, 3.63) is 34.2 Å². The number of tetrazole rings is 1. The predicted octanol–water partition coefficient (Wildman–Crippen LogP) is 0.313. The van der Waals surface area contributed by atoms with Crippen LogP contribution in [0.2, 0.25) is 0 Å². The van der Waals surface area contributed by atoms with Gasteiger partial charge in [-0.05, 0) is 34.5 Å². The second kappa shape index (κ2) is 4.20. The number of nitrogens with one attached hydrogen (secondary N) is 2. The third kappa shape index (κ3) is 1.71. The van der Waals surface area contributed by atoms with Crippen molar-refractivity contribution < 1.29 is 0 Å². The van der Waals surface area contributed by atoms with Gasteiger partial charge in [0, 0.05) is 5.39 Å². The average Bonchev–Trinajstić information content (AvgIpc) is 3.16. The number of nitrogens with zero attached hydrogens (tertiary/aromatic N) is 6. The maximum Gasteiger partial charge on any atom is 0.348 e. The molecule has 0 atom stereocenters. The summed E-state index contributed by atoms with van der Waals surface area (Å²) in [5.41, 5.74) is 2.00. The first-order valence-electron chi connectivity index (χ1n) is 6.42. The van der Waals surface area contributed by atoms with Gasteiger partial charge in [-0.2, -0.15) is 4.52 Å². The molecule has 4 rings (SSSR count). The SMILES string of the molecule is CCc1ccc2[nH]c(=O)n3nc(-c4nnn[nH]4)nc3c2c1. The summed E-state index contributed by atoms with van der Waals surface area (Å²) in [6.07, 6.45) is 0.897. The number of hydrogen-bond acceptors (Lipinski definition) is 6. The first-order chi connectivity index (χ1) is 10.3. The van der Waals surface area contributed by atoms with E-state index in [1.165, 1.54) is 4.52 Å². The van der Waals surface area contributed by atoms with E-state index in [2.05, 4.69) is 42.6 Å². The molecule has 3 aromatic heterocycles. The molecule has 0 aliphatic heterocycles. The lowest BCUT2D eigenvalue weighted by molar-refractivity contribution is 0.880. The van der Waals surface area contributed by atoms with Crippen molar-refractivity contribution in [2.45, 2.75) is 13.3 Å². The molecule has 0 fully saturated rings. The topological polar surface area (TPSA) is 118 Å². The molecule has 4 aromatic rings. The van der Waals surface area contributed by atoms with Crippen LogP contribution in [0.5, 0.6) is 0 Å². The van der Waals surface area contributed by atoms with Crippen LogP contribution in [0.3, 0.4) is 0 Å². The zero-order chi connectivity index (χ0) is 14.4. The molecule has 0 spiro atoms. The van der Waals surface area contributed by atoms with Crippen molar-refractivity contribution in [2.75, 3.05) is 0 Å². The van der Waals surface area contributed by atoms with Crippen LogP contribution in [0.15, 0.2) is 23.0 Å². The minimum atomic E-state index is -0.354. The highest BCUT2D eigenvalue weighted by molar-refractivity contribution is 5.91. The summed E-state index contributed by atoms with van der Waals surface area (Å²) < 4.78 is 1.22. The second-order valence-electron chi connectivity index (χ2n) is 4.58. The third-order valence-electron chi connectivity index (χ3n) is 3.33. The van der Waals surface area contributed by atoms with E-state index >= 15 is 0 Å². The minimum Gasteiger partial charge on any atom is -0.305 e. The average molecular weight is 282 g/mol. The lowest BCUT2D eigenvalue weighted by Gasteiger charge is -2.01. The number of aryl methyl sites for hydroxylation is 1. The number of hydrogen-bond donors (Lipinski definition) is 2. The van der Waals surface area contributed by atoms with Crippen molar-refractivity contribution in [3.8, 4) is 11.6 Å². The standard InChI is InChI=1S/C12H10N8O/c1-2-6-3-4-8-7(5-6)11-14-9(10-15-18-19-16-10)17-20(11)12(21)13-8/h3-5H,2H2,1H3,(H,13,21)(H,15,16,18,19). The van der Waals surface area contributed by atoms with Crippen LogP contribution in [-0.4, -0.2) is 40.2 Å². The number of fused-ring (bicyclic) bond motifs is 3. The van der Waals surface area contributed by atoms with Gasteiger partial charge in [-0.25, -0.2) is 14.9 Å². The van der Waals surface area contributed by atoms with Crippen LogP contribution in [0, 0.1) is 0 Å². The fraction of sp³-hybridized carbons (Fsp3) is 0.167. The summed E-state index contributed by atoms with van der Waals surface area (Å²) >= 11 is 0. The van der Waals surface area contributed by atoms with Crippen LogP contribution in [-0.2, 0) is 6.42 Å². The van der Waals surface area contributed by atoms with Gasteiger partial charge in [0.05, 0.1) is 5.52 Å². The molecule has 104 valence electrons. The van der Waals surface area contributed by atoms with E-state index in [4.69, 9.17) is 0 Å². The number of rotatable bonds is 2. The van der Waals surface area contributed by atoms with Crippen LogP contribution in [0.25, 0.3) is 28.2 Å². The molecule has 1 aromatic carbocycles. The smallest absolute Gasteiger partial charge is 0.305 e. The molecule has 0 unspecified atom stereocenters. The van der Waals surface area contributed by atoms with Crippen LogP contribution in [0.1, 0.15) is 12.5 Å². The molecule has 0 bridgehead atoms. The zero-order valence-electron chi connectivity index (χ0n) is 11.0. The summed E-state index contributed by atoms with van der Waals surface area (Å²) in [5.74, 6) is 0.595. The molecule has 9 nitrogen and oxygen atoms in total. The Hall–Kier alpha value is -3.10. The molecule has 0 saturated heterocycles. The van der Waals surface area contributed by atoms with Gasteiger partial charge in [0.25, 0.3) is 0 Å². The van der Waals surface area contributed by atoms with Crippen LogP contribution >= 0.6 is 0 Å². The number of aromatic amines is 2. The van der Waals surface area contributed by atoms with Crippen molar-refractivity contribution in [1.82, 2.24) is 40.2 Å². The third-order valence-corrected chi connectivity index (χ3v) is 3.33. The Bertz CT molecular complexity index is 997. The van der Waals surface area contributed by atoms with Crippen LogP contribution in [0.4, 0.5) is 0 Å². The maximum atomic E-state index is 12.1. The molecule has 21 heavy (non-hydrogen) atoms. The van der Waals surface area contributed by atoms with Gasteiger partial charge in [0.2, 0.25) is 11.6 Å². The van der Waals surface area contributed by atoms with Crippen molar-refractivity contribution in [1.29, 1.82) is 0 Å². The van der Waals surface area contributed by atoms with Crippen LogP contribution < -0.4 is 5.69 Å². The van der Waals surface area contributed by atoms with E-state index < -0.39 is 0 Å². The first kappa shape index (κ1) is 11.7. The first-order valence-corrected chi connectivity index (χ1v) is 6.42. The Labute approximate surface area is 117 Å². The van der Waals surface area contributed by atoms with Crippen molar-refractivity contribution in [3.63, 3.8) is 0 Å².